The number of benzene rings is 1. The second-order valence-corrected chi connectivity index (χ2v) is 6.70. The SMILES string of the molecule is CCCOc1nc2ccc(I)cc2c(=O)n1CC1CCCO1. The molecule has 2 aromatic rings. The van der Waals surface area contributed by atoms with Crippen LogP contribution >= 0.6 is 22.6 Å². The molecule has 1 atom stereocenters. The lowest BCUT2D eigenvalue weighted by Crippen LogP contribution is -2.29. The first-order valence-corrected chi connectivity index (χ1v) is 8.71. The average Bonchev–Trinajstić information content (AvgIpc) is 3.02. The van der Waals surface area contributed by atoms with E-state index in [0.717, 1.165) is 29.4 Å². The van der Waals surface area contributed by atoms with Crippen molar-refractivity contribution in [1.82, 2.24) is 9.55 Å². The molecule has 0 bridgehead atoms. The third kappa shape index (κ3) is 3.27. The van der Waals surface area contributed by atoms with Crippen LogP contribution in [-0.4, -0.2) is 28.9 Å². The lowest BCUT2D eigenvalue weighted by molar-refractivity contribution is 0.0923. The minimum absolute atomic E-state index is 0.0508. The molecule has 1 aliphatic heterocycles. The highest BCUT2D eigenvalue weighted by Gasteiger charge is 2.20. The zero-order chi connectivity index (χ0) is 15.5. The van der Waals surface area contributed by atoms with Gasteiger partial charge < -0.3 is 9.47 Å². The van der Waals surface area contributed by atoms with Gasteiger partial charge in [-0.05, 0) is 60.1 Å². The Morgan fingerprint density at radius 2 is 2.36 bits per heavy atom. The van der Waals surface area contributed by atoms with Gasteiger partial charge in [-0.3, -0.25) is 9.36 Å². The Morgan fingerprint density at radius 1 is 1.50 bits per heavy atom. The summed E-state index contributed by atoms with van der Waals surface area (Å²) in [6.07, 6.45) is 2.97. The minimum Gasteiger partial charge on any atom is -0.465 e. The van der Waals surface area contributed by atoms with Gasteiger partial charge in [0.15, 0.2) is 0 Å². The first-order chi connectivity index (χ1) is 10.7. The van der Waals surface area contributed by atoms with Gasteiger partial charge in [0.25, 0.3) is 11.6 Å². The second-order valence-electron chi connectivity index (χ2n) is 5.46. The molecule has 1 unspecified atom stereocenters. The van der Waals surface area contributed by atoms with Crippen molar-refractivity contribution in [3.05, 3.63) is 32.1 Å². The number of aromatic nitrogens is 2. The summed E-state index contributed by atoms with van der Waals surface area (Å²) in [7, 11) is 0. The maximum atomic E-state index is 12.8. The summed E-state index contributed by atoms with van der Waals surface area (Å²) >= 11 is 2.21. The number of hydrogen-bond acceptors (Lipinski definition) is 4. The molecule has 3 rings (SSSR count). The van der Waals surface area contributed by atoms with Crippen LogP contribution in [0, 0.1) is 3.57 Å². The Morgan fingerprint density at radius 3 is 3.09 bits per heavy atom. The highest BCUT2D eigenvalue weighted by molar-refractivity contribution is 14.1. The van der Waals surface area contributed by atoms with Gasteiger partial charge in [-0.1, -0.05) is 6.92 Å². The van der Waals surface area contributed by atoms with Crippen LogP contribution in [0.5, 0.6) is 6.01 Å². The molecule has 1 aliphatic rings. The molecule has 0 N–H and O–H groups in total. The Balaban J connectivity index is 2.07. The van der Waals surface area contributed by atoms with Crippen molar-refractivity contribution in [2.45, 2.75) is 38.8 Å². The van der Waals surface area contributed by atoms with E-state index in [4.69, 9.17) is 9.47 Å². The molecular formula is C16H19IN2O3. The number of ether oxygens (including phenoxy) is 2. The van der Waals surface area contributed by atoms with E-state index in [-0.39, 0.29) is 11.7 Å². The molecule has 1 aromatic carbocycles. The third-order valence-corrected chi connectivity index (χ3v) is 4.40. The molecule has 6 heteroatoms. The molecule has 0 amide bonds. The van der Waals surface area contributed by atoms with E-state index in [9.17, 15) is 4.79 Å². The molecular weight excluding hydrogens is 395 g/mol. The Bertz CT molecular complexity index is 723. The predicted octanol–water partition coefficient (Wildman–Crippen LogP) is 2.97. The summed E-state index contributed by atoms with van der Waals surface area (Å²) < 4.78 is 14.0. The second kappa shape index (κ2) is 6.95. The van der Waals surface area contributed by atoms with Crippen molar-refractivity contribution < 1.29 is 9.47 Å². The van der Waals surface area contributed by atoms with Crippen molar-refractivity contribution in [3.8, 4) is 6.01 Å². The van der Waals surface area contributed by atoms with Gasteiger partial charge in [-0.25, -0.2) is 0 Å². The summed E-state index contributed by atoms with van der Waals surface area (Å²) in [5.41, 5.74) is 0.630. The summed E-state index contributed by atoms with van der Waals surface area (Å²) in [6.45, 7) is 3.86. The van der Waals surface area contributed by atoms with Crippen LogP contribution in [0.4, 0.5) is 0 Å². The molecule has 0 saturated carbocycles. The van der Waals surface area contributed by atoms with Crippen LogP contribution in [0.25, 0.3) is 10.9 Å². The molecule has 0 aliphatic carbocycles. The number of hydrogen-bond donors (Lipinski definition) is 0. The fourth-order valence-electron chi connectivity index (χ4n) is 2.63. The van der Waals surface area contributed by atoms with Crippen molar-refractivity contribution in [2.75, 3.05) is 13.2 Å². The Hall–Kier alpha value is -1.15. The molecule has 5 nitrogen and oxygen atoms in total. The predicted molar refractivity (Wildman–Crippen MR) is 93.5 cm³/mol. The van der Waals surface area contributed by atoms with E-state index >= 15 is 0 Å². The molecule has 0 spiro atoms. The van der Waals surface area contributed by atoms with E-state index in [1.807, 2.05) is 25.1 Å². The van der Waals surface area contributed by atoms with E-state index in [1.165, 1.54) is 0 Å². The van der Waals surface area contributed by atoms with Gasteiger partial charge in [0.2, 0.25) is 0 Å². The molecule has 1 fully saturated rings. The lowest BCUT2D eigenvalue weighted by atomic mass is 10.2. The van der Waals surface area contributed by atoms with E-state index in [2.05, 4.69) is 27.6 Å². The summed E-state index contributed by atoms with van der Waals surface area (Å²) in [4.78, 5) is 17.4. The zero-order valence-corrected chi connectivity index (χ0v) is 14.7. The molecule has 22 heavy (non-hydrogen) atoms. The quantitative estimate of drug-likeness (QED) is 0.707. The largest absolute Gasteiger partial charge is 0.465 e. The van der Waals surface area contributed by atoms with Gasteiger partial charge in [0, 0.05) is 10.2 Å². The van der Waals surface area contributed by atoms with Crippen molar-refractivity contribution in [2.24, 2.45) is 0 Å². The van der Waals surface area contributed by atoms with Crippen LogP contribution < -0.4 is 10.3 Å². The van der Waals surface area contributed by atoms with Crippen LogP contribution in [0.2, 0.25) is 0 Å². The normalized spacial score (nSPS) is 18.0. The highest BCUT2D eigenvalue weighted by atomic mass is 127. The summed E-state index contributed by atoms with van der Waals surface area (Å²) in [5.74, 6) is 0. The molecule has 0 radical (unpaired) electrons. The topological polar surface area (TPSA) is 53.3 Å². The van der Waals surface area contributed by atoms with E-state index < -0.39 is 0 Å². The Kier molecular flexibility index (Phi) is 4.97. The van der Waals surface area contributed by atoms with Crippen molar-refractivity contribution in [1.29, 1.82) is 0 Å². The molecule has 2 heterocycles. The van der Waals surface area contributed by atoms with E-state index in [0.29, 0.717) is 30.1 Å². The zero-order valence-electron chi connectivity index (χ0n) is 12.5. The molecule has 118 valence electrons. The summed E-state index contributed by atoms with van der Waals surface area (Å²) in [5, 5.41) is 0.633. The third-order valence-electron chi connectivity index (χ3n) is 3.73. The molecule has 1 aromatic heterocycles. The van der Waals surface area contributed by atoms with Crippen LogP contribution in [0.3, 0.4) is 0 Å². The number of fused-ring (bicyclic) bond motifs is 1. The maximum absolute atomic E-state index is 12.8. The van der Waals surface area contributed by atoms with Gasteiger partial charge >= 0.3 is 0 Å². The standard InChI is InChI=1S/C16H19IN2O3/c1-2-7-22-16-18-14-6-5-11(17)9-13(14)15(20)19(16)10-12-4-3-8-21-12/h5-6,9,12H,2-4,7-8,10H2,1H3. The van der Waals surface area contributed by atoms with Gasteiger partial charge in [-0.15, -0.1) is 0 Å². The van der Waals surface area contributed by atoms with Gasteiger partial charge in [-0.2, -0.15) is 4.98 Å². The highest BCUT2D eigenvalue weighted by Crippen LogP contribution is 2.19. The van der Waals surface area contributed by atoms with E-state index in [1.54, 1.807) is 4.57 Å². The smallest absolute Gasteiger partial charge is 0.299 e. The minimum atomic E-state index is -0.0508. The fraction of sp³-hybridized carbons (Fsp3) is 0.500. The van der Waals surface area contributed by atoms with Crippen molar-refractivity contribution >= 4 is 33.5 Å². The van der Waals surface area contributed by atoms with Crippen molar-refractivity contribution in [3.63, 3.8) is 0 Å². The first kappa shape index (κ1) is 15.7. The average molecular weight is 414 g/mol. The monoisotopic (exact) mass is 414 g/mol. The van der Waals surface area contributed by atoms with Crippen LogP contribution in [0.15, 0.2) is 23.0 Å². The lowest BCUT2D eigenvalue weighted by Gasteiger charge is -2.16. The number of halogens is 1. The van der Waals surface area contributed by atoms with Crippen LogP contribution in [0.1, 0.15) is 26.2 Å². The number of nitrogens with zero attached hydrogens (tertiary/aromatic N) is 2. The summed E-state index contributed by atoms with van der Waals surface area (Å²) in [6, 6.07) is 6.09. The maximum Gasteiger partial charge on any atom is 0.299 e. The number of rotatable bonds is 5. The van der Waals surface area contributed by atoms with Crippen LogP contribution in [-0.2, 0) is 11.3 Å². The van der Waals surface area contributed by atoms with Gasteiger partial charge in [0.1, 0.15) is 0 Å². The first-order valence-electron chi connectivity index (χ1n) is 7.63. The fourth-order valence-corrected chi connectivity index (χ4v) is 3.12. The Labute approximate surface area is 142 Å². The van der Waals surface area contributed by atoms with Gasteiger partial charge in [0.05, 0.1) is 30.2 Å². The molecule has 1 saturated heterocycles.